The van der Waals surface area contributed by atoms with E-state index in [-0.39, 0.29) is 5.97 Å². The first-order valence-electron chi connectivity index (χ1n) is 8.00. The van der Waals surface area contributed by atoms with Gasteiger partial charge in [-0.2, -0.15) is 5.10 Å². The Balaban J connectivity index is 2.26. The van der Waals surface area contributed by atoms with Crippen LogP contribution in [-0.2, 0) is 23.1 Å². The molecule has 0 unspecified atom stereocenters. The number of nitrogens with zero attached hydrogens (tertiary/aromatic N) is 3. The van der Waals surface area contributed by atoms with Crippen molar-refractivity contribution in [3.05, 3.63) is 17.0 Å². The first-order chi connectivity index (χ1) is 11.0. The largest absolute Gasteiger partial charge is 0.469 e. The van der Waals surface area contributed by atoms with Crippen molar-refractivity contribution in [3.8, 4) is 0 Å². The summed E-state index contributed by atoms with van der Waals surface area (Å²) in [5, 5.41) is 11.0. The molecule has 1 rings (SSSR count). The monoisotopic (exact) mass is 323 g/mol. The van der Waals surface area contributed by atoms with E-state index in [2.05, 4.69) is 32.4 Å². The fourth-order valence-corrected chi connectivity index (χ4v) is 2.35. The molecule has 0 aromatic carbocycles. The van der Waals surface area contributed by atoms with Crippen LogP contribution in [-0.4, -0.2) is 42.4 Å². The molecule has 0 bridgehead atoms. The molecule has 7 nitrogen and oxygen atoms in total. The first-order valence-corrected chi connectivity index (χ1v) is 8.00. The summed E-state index contributed by atoms with van der Waals surface area (Å²) in [5.74, 6) is 0.637. The molecule has 1 aromatic rings. The van der Waals surface area contributed by atoms with Gasteiger partial charge in [-0.15, -0.1) is 0 Å². The van der Waals surface area contributed by atoms with E-state index in [1.807, 2.05) is 18.7 Å². The van der Waals surface area contributed by atoms with Gasteiger partial charge in [0.15, 0.2) is 5.96 Å². The molecular formula is C16H29N5O2. The van der Waals surface area contributed by atoms with Crippen molar-refractivity contribution in [2.45, 2.75) is 46.1 Å². The van der Waals surface area contributed by atoms with Crippen molar-refractivity contribution in [2.75, 3.05) is 20.7 Å². The highest BCUT2D eigenvalue weighted by Gasteiger charge is 2.09. The number of aryl methyl sites for hydroxylation is 2. The minimum Gasteiger partial charge on any atom is -0.469 e. The molecular weight excluding hydrogens is 294 g/mol. The highest BCUT2D eigenvalue weighted by atomic mass is 16.5. The van der Waals surface area contributed by atoms with Crippen LogP contribution in [0.2, 0.25) is 0 Å². The van der Waals surface area contributed by atoms with Gasteiger partial charge in [-0.1, -0.05) is 6.42 Å². The van der Waals surface area contributed by atoms with E-state index >= 15 is 0 Å². The lowest BCUT2D eigenvalue weighted by Crippen LogP contribution is -2.37. The molecule has 0 spiro atoms. The number of esters is 1. The van der Waals surface area contributed by atoms with E-state index in [9.17, 15) is 4.79 Å². The van der Waals surface area contributed by atoms with Gasteiger partial charge in [-0.05, 0) is 26.7 Å². The summed E-state index contributed by atoms with van der Waals surface area (Å²) in [5.41, 5.74) is 3.40. The first kappa shape index (κ1) is 19.0. The van der Waals surface area contributed by atoms with Crippen LogP contribution in [0, 0.1) is 13.8 Å². The SMILES string of the molecule is CN=C(NCCCCCC(=O)OC)NCc1c(C)nn(C)c1C. The number of aliphatic imine (C=N–C) groups is 1. The number of carbonyl (C=O) groups is 1. The average Bonchev–Trinajstić information content (AvgIpc) is 2.78. The number of nitrogens with one attached hydrogen (secondary N) is 2. The van der Waals surface area contributed by atoms with Gasteiger partial charge in [0.05, 0.1) is 12.8 Å². The van der Waals surface area contributed by atoms with E-state index in [1.54, 1.807) is 7.05 Å². The third-order valence-corrected chi connectivity index (χ3v) is 3.89. The van der Waals surface area contributed by atoms with Crippen LogP contribution in [0.5, 0.6) is 0 Å². The predicted octanol–water partition coefficient (Wildman–Crippen LogP) is 1.44. The average molecular weight is 323 g/mol. The standard InChI is InChI=1S/C16H29N5O2/c1-12-14(13(2)21(4)20-12)11-19-16(17-3)18-10-8-6-7-9-15(22)23-5/h6-11H2,1-5H3,(H2,17,18,19). The Hall–Kier alpha value is -2.05. The van der Waals surface area contributed by atoms with Crippen LogP contribution in [0.25, 0.3) is 0 Å². The molecule has 0 aliphatic rings. The second-order valence-corrected chi connectivity index (χ2v) is 5.51. The van der Waals surface area contributed by atoms with Gasteiger partial charge >= 0.3 is 5.97 Å². The van der Waals surface area contributed by atoms with Crippen LogP contribution in [0.4, 0.5) is 0 Å². The van der Waals surface area contributed by atoms with Crippen LogP contribution >= 0.6 is 0 Å². The zero-order valence-electron chi connectivity index (χ0n) is 14.9. The van der Waals surface area contributed by atoms with Crippen LogP contribution in [0.3, 0.4) is 0 Å². The summed E-state index contributed by atoms with van der Waals surface area (Å²) in [6, 6.07) is 0. The summed E-state index contributed by atoms with van der Waals surface area (Å²) in [6.45, 7) is 5.61. The van der Waals surface area contributed by atoms with Crippen LogP contribution in [0.15, 0.2) is 4.99 Å². The molecule has 0 aliphatic heterocycles. The van der Waals surface area contributed by atoms with Gasteiger partial charge in [0.1, 0.15) is 0 Å². The lowest BCUT2D eigenvalue weighted by atomic mass is 10.2. The third-order valence-electron chi connectivity index (χ3n) is 3.89. The smallest absolute Gasteiger partial charge is 0.305 e. The van der Waals surface area contributed by atoms with E-state index in [0.29, 0.717) is 13.0 Å². The summed E-state index contributed by atoms with van der Waals surface area (Å²) < 4.78 is 6.51. The minimum absolute atomic E-state index is 0.141. The third kappa shape index (κ3) is 6.30. The van der Waals surface area contributed by atoms with Crippen molar-refractivity contribution in [3.63, 3.8) is 0 Å². The van der Waals surface area contributed by atoms with E-state index < -0.39 is 0 Å². The Labute approximate surface area is 138 Å². The molecule has 130 valence electrons. The van der Waals surface area contributed by atoms with Gasteiger partial charge in [0.25, 0.3) is 0 Å². The van der Waals surface area contributed by atoms with Crippen molar-refractivity contribution in [2.24, 2.45) is 12.0 Å². The van der Waals surface area contributed by atoms with Crippen molar-refractivity contribution < 1.29 is 9.53 Å². The van der Waals surface area contributed by atoms with E-state index in [0.717, 1.165) is 43.2 Å². The molecule has 1 aromatic heterocycles. The minimum atomic E-state index is -0.141. The number of rotatable bonds is 8. The number of hydrogen-bond donors (Lipinski definition) is 2. The lowest BCUT2D eigenvalue weighted by Gasteiger charge is -2.12. The van der Waals surface area contributed by atoms with Crippen LogP contribution < -0.4 is 10.6 Å². The topological polar surface area (TPSA) is 80.5 Å². The normalized spacial score (nSPS) is 11.4. The molecule has 0 amide bonds. The molecule has 0 aliphatic carbocycles. The number of carbonyl (C=O) groups excluding carboxylic acids is 1. The number of aromatic nitrogens is 2. The number of unbranched alkanes of at least 4 members (excludes halogenated alkanes) is 2. The van der Waals surface area contributed by atoms with Gasteiger partial charge in [0.2, 0.25) is 0 Å². The summed E-state index contributed by atoms with van der Waals surface area (Å²) in [4.78, 5) is 15.2. The fourth-order valence-electron chi connectivity index (χ4n) is 2.35. The van der Waals surface area contributed by atoms with E-state index in [4.69, 9.17) is 0 Å². The Morgan fingerprint density at radius 2 is 2.00 bits per heavy atom. The second-order valence-electron chi connectivity index (χ2n) is 5.51. The molecule has 1 heterocycles. The molecule has 7 heteroatoms. The maximum Gasteiger partial charge on any atom is 0.305 e. The molecule has 0 fully saturated rings. The maximum atomic E-state index is 11.0. The summed E-state index contributed by atoms with van der Waals surface area (Å²) >= 11 is 0. The fraction of sp³-hybridized carbons (Fsp3) is 0.688. The Kier molecular flexibility index (Phi) is 8.15. The molecule has 0 radical (unpaired) electrons. The molecule has 23 heavy (non-hydrogen) atoms. The highest BCUT2D eigenvalue weighted by Crippen LogP contribution is 2.10. The Bertz CT molecular complexity index is 537. The van der Waals surface area contributed by atoms with Crippen molar-refractivity contribution in [1.29, 1.82) is 0 Å². The van der Waals surface area contributed by atoms with E-state index in [1.165, 1.54) is 12.7 Å². The van der Waals surface area contributed by atoms with Crippen molar-refractivity contribution >= 4 is 11.9 Å². The van der Waals surface area contributed by atoms with Gasteiger partial charge < -0.3 is 15.4 Å². The van der Waals surface area contributed by atoms with Crippen LogP contribution in [0.1, 0.15) is 42.6 Å². The molecule has 0 saturated carbocycles. The lowest BCUT2D eigenvalue weighted by molar-refractivity contribution is -0.140. The molecule has 0 saturated heterocycles. The number of ether oxygens (including phenoxy) is 1. The zero-order valence-corrected chi connectivity index (χ0v) is 14.9. The quantitative estimate of drug-likeness (QED) is 0.327. The zero-order chi connectivity index (χ0) is 17.2. The van der Waals surface area contributed by atoms with Crippen molar-refractivity contribution in [1.82, 2.24) is 20.4 Å². The Morgan fingerprint density at radius 3 is 2.57 bits per heavy atom. The predicted molar refractivity (Wildman–Crippen MR) is 91.4 cm³/mol. The summed E-state index contributed by atoms with van der Waals surface area (Å²) in [6.07, 6.45) is 3.32. The maximum absolute atomic E-state index is 11.0. The summed E-state index contributed by atoms with van der Waals surface area (Å²) in [7, 11) is 5.13. The molecule has 0 atom stereocenters. The van der Waals surface area contributed by atoms with Gasteiger partial charge in [0, 0.05) is 44.9 Å². The number of hydrogen-bond acceptors (Lipinski definition) is 4. The highest BCUT2D eigenvalue weighted by molar-refractivity contribution is 5.79. The number of guanidine groups is 1. The van der Waals surface area contributed by atoms with Gasteiger partial charge in [-0.25, -0.2) is 0 Å². The molecule has 2 N–H and O–H groups in total. The number of methoxy groups -OCH3 is 1. The van der Waals surface area contributed by atoms with Gasteiger partial charge in [-0.3, -0.25) is 14.5 Å². The Morgan fingerprint density at radius 1 is 1.26 bits per heavy atom. The second kappa shape index (κ2) is 9.86.